The van der Waals surface area contributed by atoms with Gasteiger partial charge in [0.1, 0.15) is 0 Å². The van der Waals surface area contributed by atoms with Gasteiger partial charge in [0, 0.05) is 12.6 Å². The van der Waals surface area contributed by atoms with Crippen LogP contribution >= 0.6 is 11.3 Å². The fourth-order valence-electron chi connectivity index (χ4n) is 2.84. The molecule has 1 saturated heterocycles. The maximum absolute atomic E-state index is 9.55. The summed E-state index contributed by atoms with van der Waals surface area (Å²) in [5, 5.41) is 10.7. The molecule has 1 aliphatic rings. The summed E-state index contributed by atoms with van der Waals surface area (Å²) in [5.41, 5.74) is 1.12. The van der Waals surface area contributed by atoms with Crippen LogP contribution in [0.2, 0.25) is 0 Å². The normalized spacial score (nSPS) is 21.7. The van der Waals surface area contributed by atoms with Crippen molar-refractivity contribution in [1.82, 2.24) is 4.98 Å². The van der Waals surface area contributed by atoms with E-state index in [2.05, 4.69) is 25.7 Å². The number of anilines is 1. The summed E-state index contributed by atoms with van der Waals surface area (Å²) in [5.74, 6) is 0.442. The summed E-state index contributed by atoms with van der Waals surface area (Å²) < 4.78 is 0. The molecule has 19 heavy (non-hydrogen) atoms. The second-order valence-electron chi connectivity index (χ2n) is 5.52. The SMILES string of the molecule is CCC(C)c1nc(N2CCCCC2CC)sc1CO. The molecular formula is C15H26N2OS. The number of nitrogens with zero attached hydrogens (tertiary/aromatic N) is 2. The maximum Gasteiger partial charge on any atom is 0.186 e. The van der Waals surface area contributed by atoms with Crippen molar-refractivity contribution < 1.29 is 5.11 Å². The van der Waals surface area contributed by atoms with E-state index >= 15 is 0 Å². The van der Waals surface area contributed by atoms with Gasteiger partial charge in [-0.25, -0.2) is 4.98 Å². The van der Waals surface area contributed by atoms with E-state index in [0.29, 0.717) is 12.0 Å². The van der Waals surface area contributed by atoms with Crippen molar-refractivity contribution >= 4 is 16.5 Å². The molecule has 0 bridgehead atoms. The molecule has 1 aromatic heterocycles. The smallest absolute Gasteiger partial charge is 0.186 e. The third-order valence-electron chi connectivity index (χ3n) is 4.28. The fraction of sp³-hybridized carbons (Fsp3) is 0.800. The number of aliphatic hydroxyl groups excluding tert-OH is 1. The van der Waals surface area contributed by atoms with Crippen LogP contribution in [0.15, 0.2) is 0 Å². The van der Waals surface area contributed by atoms with Crippen molar-refractivity contribution in [3.63, 3.8) is 0 Å². The predicted molar refractivity (Wildman–Crippen MR) is 82.0 cm³/mol. The molecule has 1 fully saturated rings. The van der Waals surface area contributed by atoms with Gasteiger partial charge in [-0.1, -0.05) is 32.1 Å². The third-order valence-corrected chi connectivity index (χ3v) is 5.38. The lowest BCUT2D eigenvalue weighted by molar-refractivity contribution is 0.283. The second kappa shape index (κ2) is 6.71. The molecule has 4 heteroatoms. The van der Waals surface area contributed by atoms with Gasteiger partial charge in [-0.2, -0.15) is 0 Å². The third kappa shape index (κ3) is 3.11. The quantitative estimate of drug-likeness (QED) is 0.889. The van der Waals surface area contributed by atoms with Gasteiger partial charge in [0.05, 0.1) is 17.2 Å². The van der Waals surface area contributed by atoms with Crippen molar-refractivity contribution in [3.05, 3.63) is 10.6 Å². The van der Waals surface area contributed by atoms with E-state index in [9.17, 15) is 5.11 Å². The van der Waals surface area contributed by atoms with E-state index in [1.807, 2.05) is 0 Å². The molecule has 1 aromatic rings. The number of thiazole rings is 1. The lowest BCUT2D eigenvalue weighted by Gasteiger charge is -2.35. The molecule has 3 nitrogen and oxygen atoms in total. The Kier molecular flexibility index (Phi) is 5.22. The Morgan fingerprint density at radius 1 is 1.42 bits per heavy atom. The molecule has 2 heterocycles. The first-order valence-corrected chi connectivity index (χ1v) is 8.39. The number of piperidine rings is 1. The van der Waals surface area contributed by atoms with Gasteiger partial charge < -0.3 is 10.0 Å². The van der Waals surface area contributed by atoms with E-state index < -0.39 is 0 Å². The minimum atomic E-state index is 0.127. The molecule has 0 saturated carbocycles. The Balaban J connectivity index is 2.26. The molecule has 0 aromatic carbocycles. The zero-order chi connectivity index (χ0) is 13.8. The van der Waals surface area contributed by atoms with E-state index in [4.69, 9.17) is 4.98 Å². The highest BCUT2D eigenvalue weighted by atomic mass is 32.1. The van der Waals surface area contributed by atoms with Crippen LogP contribution in [0.3, 0.4) is 0 Å². The lowest BCUT2D eigenvalue weighted by Crippen LogP contribution is -2.39. The molecule has 108 valence electrons. The second-order valence-corrected chi connectivity index (χ2v) is 6.59. The summed E-state index contributed by atoms with van der Waals surface area (Å²) in [6.45, 7) is 7.89. The minimum absolute atomic E-state index is 0.127. The van der Waals surface area contributed by atoms with E-state index in [1.54, 1.807) is 11.3 Å². The van der Waals surface area contributed by atoms with Gasteiger partial charge >= 0.3 is 0 Å². The van der Waals surface area contributed by atoms with Gasteiger partial charge in [0.2, 0.25) is 0 Å². The van der Waals surface area contributed by atoms with Gasteiger partial charge in [0.15, 0.2) is 5.13 Å². The zero-order valence-corrected chi connectivity index (χ0v) is 13.2. The Hall–Kier alpha value is -0.610. The van der Waals surface area contributed by atoms with Gasteiger partial charge in [-0.15, -0.1) is 0 Å². The first-order valence-electron chi connectivity index (χ1n) is 7.58. The molecule has 1 aliphatic heterocycles. The highest BCUT2D eigenvalue weighted by Crippen LogP contribution is 2.35. The molecule has 2 unspecified atom stereocenters. The first kappa shape index (κ1) is 14.8. The van der Waals surface area contributed by atoms with Crippen LogP contribution in [0.4, 0.5) is 5.13 Å². The van der Waals surface area contributed by atoms with Crippen LogP contribution in [0.1, 0.15) is 69.4 Å². The van der Waals surface area contributed by atoms with Crippen molar-refractivity contribution in [2.24, 2.45) is 0 Å². The van der Waals surface area contributed by atoms with Crippen LogP contribution in [-0.2, 0) is 6.61 Å². The number of hydrogen-bond donors (Lipinski definition) is 1. The Labute approximate surface area is 120 Å². The van der Waals surface area contributed by atoms with Crippen LogP contribution in [0, 0.1) is 0 Å². The number of aliphatic hydroxyl groups is 1. The summed E-state index contributed by atoms with van der Waals surface area (Å²) >= 11 is 1.69. The van der Waals surface area contributed by atoms with E-state index in [0.717, 1.165) is 28.7 Å². The Morgan fingerprint density at radius 2 is 2.21 bits per heavy atom. The first-order chi connectivity index (χ1) is 9.21. The summed E-state index contributed by atoms with van der Waals surface area (Å²) in [4.78, 5) is 8.39. The molecular weight excluding hydrogens is 256 g/mol. The van der Waals surface area contributed by atoms with Crippen LogP contribution < -0.4 is 4.90 Å². The number of rotatable bonds is 5. The summed E-state index contributed by atoms with van der Waals surface area (Å²) in [6, 6.07) is 0.635. The maximum atomic E-state index is 9.55. The Morgan fingerprint density at radius 3 is 2.84 bits per heavy atom. The van der Waals surface area contributed by atoms with Crippen molar-refractivity contribution in [2.75, 3.05) is 11.4 Å². The van der Waals surface area contributed by atoms with Crippen molar-refractivity contribution in [3.8, 4) is 0 Å². The largest absolute Gasteiger partial charge is 0.391 e. The van der Waals surface area contributed by atoms with E-state index in [1.165, 1.54) is 25.7 Å². The molecule has 0 aliphatic carbocycles. The average Bonchev–Trinajstić information content (AvgIpc) is 2.90. The standard InChI is InChI=1S/C15H26N2OS/c1-4-11(3)14-13(10-18)19-15(16-14)17-9-7-6-8-12(17)5-2/h11-12,18H,4-10H2,1-3H3. The molecule has 0 radical (unpaired) electrons. The molecule has 2 atom stereocenters. The number of aromatic nitrogens is 1. The monoisotopic (exact) mass is 282 g/mol. The summed E-state index contributed by atoms with van der Waals surface area (Å²) in [6.07, 6.45) is 6.15. The molecule has 0 spiro atoms. The summed E-state index contributed by atoms with van der Waals surface area (Å²) in [7, 11) is 0. The van der Waals surface area contributed by atoms with Gasteiger partial charge in [-0.3, -0.25) is 0 Å². The highest BCUT2D eigenvalue weighted by Gasteiger charge is 2.25. The predicted octanol–water partition coefficient (Wildman–Crippen LogP) is 3.92. The average molecular weight is 282 g/mol. The zero-order valence-electron chi connectivity index (χ0n) is 12.4. The highest BCUT2D eigenvalue weighted by molar-refractivity contribution is 7.15. The minimum Gasteiger partial charge on any atom is -0.391 e. The van der Waals surface area contributed by atoms with E-state index in [-0.39, 0.29) is 6.61 Å². The fourth-order valence-corrected chi connectivity index (χ4v) is 3.98. The molecule has 0 amide bonds. The Bertz CT molecular complexity index is 405. The van der Waals surface area contributed by atoms with Crippen LogP contribution in [-0.4, -0.2) is 22.7 Å². The molecule has 2 rings (SSSR count). The van der Waals surface area contributed by atoms with Crippen molar-refractivity contribution in [1.29, 1.82) is 0 Å². The van der Waals surface area contributed by atoms with Gasteiger partial charge in [0.25, 0.3) is 0 Å². The van der Waals surface area contributed by atoms with Crippen LogP contribution in [0.5, 0.6) is 0 Å². The topological polar surface area (TPSA) is 36.4 Å². The lowest BCUT2D eigenvalue weighted by atomic mass is 10.0. The van der Waals surface area contributed by atoms with Crippen molar-refractivity contribution in [2.45, 2.75) is 71.4 Å². The van der Waals surface area contributed by atoms with Crippen LogP contribution in [0.25, 0.3) is 0 Å². The number of hydrogen-bond acceptors (Lipinski definition) is 4. The molecule has 1 N–H and O–H groups in total. The van der Waals surface area contributed by atoms with Gasteiger partial charge in [-0.05, 0) is 38.0 Å².